The van der Waals surface area contributed by atoms with E-state index in [1.165, 1.54) is 23.5 Å². The fourth-order valence-corrected chi connectivity index (χ4v) is 3.59. The lowest BCUT2D eigenvalue weighted by atomic mass is 10.1. The van der Waals surface area contributed by atoms with E-state index in [-0.39, 0.29) is 17.7 Å². The highest BCUT2D eigenvalue weighted by Gasteiger charge is 2.27. The van der Waals surface area contributed by atoms with Gasteiger partial charge in [0.2, 0.25) is 5.78 Å². The Morgan fingerprint density at radius 1 is 1.19 bits per heavy atom. The molecule has 132 valence electrons. The summed E-state index contributed by atoms with van der Waals surface area (Å²) in [6, 6.07) is 9.83. The van der Waals surface area contributed by atoms with E-state index in [1.807, 2.05) is 4.90 Å². The van der Waals surface area contributed by atoms with Crippen molar-refractivity contribution in [2.75, 3.05) is 24.6 Å². The van der Waals surface area contributed by atoms with Crippen molar-refractivity contribution in [2.45, 2.75) is 6.10 Å². The summed E-state index contributed by atoms with van der Waals surface area (Å²) in [5.74, 6) is 0.221. The highest BCUT2D eigenvalue weighted by atomic mass is 32.1. The predicted octanol–water partition coefficient (Wildman–Crippen LogP) is 3.49. The molecule has 1 aliphatic heterocycles. The van der Waals surface area contributed by atoms with Crippen LogP contribution in [0.15, 0.2) is 54.2 Å². The molecular formula is C19H16FN3O2S. The molecule has 7 heteroatoms. The number of hydrogen-bond acceptors (Lipinski definition) is 6. The zero-order valence-electron chi connectivity index (χ0n) is 13.8. The van der Waals surface area contributed by atoms with E-state index in [1.54, 1.807) is 42.0 Å². The number of pyridine rings is 1. The minimum Gasteiger partial charge on any atom is -0.370 e. The van der Waals surface area contributed by atoms with Crippen LogP contribution in [0.25, 0.3) is 0 Å². The van der Waals surface area contributed by atoms with E-state index in [9.17, 15) is 9.18 Å². The van der Waals surface area contributed by atoms with Crippen molar-refractivity contribution >= 4 is 22.9 Å². The third kappa shape index (κ3) is 3.36. The van der Waals surface area contributed by atoms with Gasteiger partial charge >= 0.3 is 0 Å². The Bertz CT molecular complexity index is 899. The van der Waals surface area contributed by atoms with Crippen molar-refractivity contribution in [1.29, 1.82) is 0 Å². The number of aromatic nitrogens is 2. The summed E-state index contributed by atoms with van der Waals surface area (Å²) in [6.45, 7) is 1.68. The molecule has 0 radical (unpaired) electrons. The number of carbonyl (C=O) groups excluding carboxylic acids is 1. The first-order chi connectivity index (χ1) is 12.7. The van der Waals surface area contributed by atoms with Gasteiger partial charge in [-0.1, -0.05) is 12.1 Å². The number of carbonyl (C=O) groups is 1. The van der Waals surface area contributed by atoms with Gasteiger partial charge in [-0.05, 0) is 29.8 Å². The summed E-state index contributed by atoms with van der Waals surface area (Å²) in [7, 11) is 0. The molecule has 0 amide bonds. The van der Waals surface area contributed by atoms with Crippen LogP contribution in [0.1, 0.15) is 27.0 Å². The third-order valence-corrected chi connectivity index (χ3v) is 5.04. The molecule has 0 unspecified atom stereocenters. The number of anilines is 1. The van der Waals surface area contributed by atoms with Crippen LogP contribution in [-0.4, -0.2) is 35.4 Å². The Morgan fingerprint density at radius 2 is 2.04 bits per heavy atom. The van der Waals surface area contributed by atoms with E-state index in [0.717, 1.165) is 5.56 Å². The van der Waals surface area contributed by atoms with Crippen molar-refractivity contribution in [2.24, 2.45) is 0 Å². The Hall–Kier alpha value is -2.64. The number of benzene rings is 1. The first-order valence-corrected chi connectivity index (χ1v) is 9.11. The van der Waals surface area contributed by atoms with Gasteiger partial charge in [0.25, 0.3) is 0 Å². The highest BCUT2D eigenvalue weighted by Crippen LogP contribution is 2.28. The molecular weight excluding hydrogens is 353 g/mol. The molecule has 4 rings (SSSR count). The van der Waals surface area contributed by atoms with Gasteiger partial charge in [0, 0.05) is 30.9 Å². The fourth-order valence-electron chi connectivity index (χ4n) is 3.00. The number of rotatable bonds is 4. The number of ketones is 1. The van der Waals surface area contributed by atoms with Gasteiger partial charge in [-0.3, -0.25) is 4.79 Å². The van der Waals surface area contributed by atoms with Crippen LogP contribution in [-0.2, 0) is 4.74 Å². The summed E-state index contributed by atoms with van der Waals surface area (Å²) >= 11 is 1.31. The average molecular weight is 369 g/mol. The van der Waals surface area contributed by atoms with Gasteiger partial charge in [-0.2, -0.15) is 0 Å². The third-order valence-electron chi connectivity index (χ3n) is 4.27. The largest absolute Gasteiger partial charge is 0.370 e. The Labute approximate surface area is 154 Å². The van der Waals surface area contributed by atoms with E-state index in [4.69, 9.17) is 4.74 Å². The standard InChI is InChI=1S/C19H16FN3O2S/c20-14-5-3-13(4-6-14)16-12-23(9-10-25-16)18-15(2-1-7-21-18)17(24)19-22-8-11-26-19/h1-8,11,16H,9-10,12H2/t16-/m1/s1. The second kappa shape index (κ2) is 7.31. The molecule has 0 saturated carbocycles. The minimum atomic E-state index is -0.275. The van der Waals surface area contributed by atoms with Crippen LogP contribution >= 0.6 is 11.3 Å². The molecule has 26 heavy (non-hydrogen) atoms. The van der Waals surface area contributed by atoms with Gasteiger partial charge < -0.3 is 9.64 Å². The Morgan fingerprint density at radius 3 is 2.81 bits per heavy atom. The second-order valence-electron chi connectivity index (χ2n) is 5.90. The monoisotopic (exact) mass is 369 g/mol. The summed E-state index contributed by atoms with van der Waals surface area (Å²) in [4.78, 5) is 23.4. The lowest BCUT2D eigenvalue weighted by Gasteiger charge is -2.34. The van der Waals surface area contributed by atoms with Gasteiger partial charge in [-0.25, -0.2) is 14.4 Å². The van der Waals surface area contributed by atoms with Crippen molar-refractivity contribution < 1.29 is 13.9 Å². The molecule has 2 aromatic heterocycles. The summed E-state index contributed by atoms with van der Waals surface area (Å²) in [6.07, 6.45) is 3.10. The minimum absolute atomic E-state index is 0.132. The van der Waals surface area contributed by atoms with Gasteiger partial charge in [0.05, 0.1) is 12.2 Å². The summed E-state index contributed by atoms with van der Waals surface area (Å²) in [5.41, 5.74) is 1.43. The van der Waals surface area contributed by atoms with Crippen LogP contribution in [0.3, 0.4) is 0 Å². The quantitative estimate of drug-likeness (QED) is 0.659. The predicted molar refractivity (Wildman–Crippen MR) is 97.1 cm³/mol. The lowest BCUT2D eigenvalue weighted by Crippen LogP contribution is -2.39. The van der Waals surface area contributed by atoms with Crippen LogP contribution in [0.2, 0.25) is 0 Å². The number of hydrogen-bond donors (Lipinski definition) is 0. The first kappa shape index (κ1) is 16.8. The number of halogens is 1. The van der Waals surface area contributed by atoms with E-state index in [0.29, 0.717) is 36.1 Å². The number of ether oxygens (including phenoxy) is 1. The van der Waals surface area contributed by atoms with Crippen molar-refractivity contribution in [1.82, 2.24) is 9.97 Å². The number of nitrogens with zero attached hydrogens (tertiary/aromatic N) is 3. The van der Waals surface area contributed by atoms with Crippen LogP contribution in [0.5, 0.6) is 0 Å². The molecule has 3 aromatic rings. The van der Waals surface area contributed by atoms with E-state index >= 15 is 0 Å². The van der Waals surface area contributed by atoms with Gasteiger partial charge in [0.15, 0.2) is 5.01 Å². The normalized spacial score (nSPS) is 17.3. The van der Waals surface area contributed by atoms with Crippen LogP contribution in [0, 0.1) is 5.82 Å². The molecule has 5 nitrogen and oxygen atoms in total. The summed E-state index contributed by atoms with van der Waals surface area (Å²) in [5, 5.41) is 2.23. The maximum absolute atomic E-state index is 13.2. The Kier molecular flexibility index (Phi) is 4.73. The van der Waals surface area contributed by atoms with Crippen LogP contribution in [0.4, 0.5) is 10.2 Å². The summed E-state index contributed by atoms with van der Waals surface area (Å²) < 4.78 is 19.0. The number of morpholine rings is 1. The maximum atomic E-state index is 13.2. The molecule has 1 saturated heterocycles. The molecule has 1 aliphatic rings. The van der Waals surface area contributed by atoms with E-state index < -0.39 is 0 Å². The maximum Gasteiger partial charge on any atom is 0.225 e. The molecule has 0 spiro atoms. The zero-order chi connectivity index (χ0) is 17.9. The first-order valence-electron chi connectivity index (χ1n) is 8.23. The van der Waals surface area contributed by atoms with Crippen molar-refractivity contribution in [3.05, 3.63) is 76.1 Å². The van der Waals surface area contributed by atoms with Gasteiger partial charge in [-0.15, -0.1) is 11.3 Å². The number of thiazole rings is 1. The molecule has 1 fully saturated rings. The fraction of sp³-hybridized carbons (Fsp3) is 0.211. The smallest absolute Gasteiger partial charge is 0.225 e. The van der Waals surface area contributed by atoms with E-state index in [2.05, 4.69) is 9.97 Å². The Balaban J connectivity index is 1.61. The van der Waals surface area contributed by atoms with Crippen LogP contribution < -0.4 is 4.90 Å². The molecule has 0 bridgehead atoms. The lowest BCUT2D eigenvalue weighted by molar-refractivity contribution is 0.0394. The molecule has 0 N–H and O–H groups in total. The van der Waals surface area contributed by atoms with Crippen molar-refractivity contribution in [3.8, 4) is 0 Å². The second-order valence-corrected chi connectivity index (χ2v) is 6.79. The molecule has 1 aromatic carbocycles. The SMILES string of the molecule is O=C(c1nccs1)c1cccnc1N1CCO[C@@H](c2ccc(F)cc2)C1. The average Bonchev–Trinajstić information content (AvgIpc) is 3.23. The zero-order valence-corrected chi connectivity index (χ0v) is 14.7. The van der Waals surface area contributed by atoms with Gasteiger partial charge in [0.1, 0.15) is 17.7 Å². The molecule has 0 aliphatic carbocycles. The van der Waals surface area contributed by atoms with Crippen molar-refractivity contribution in [3.63, 3.8) is 0 Å². The molecule has 1 atom stereocenters. The molecule has 3 heterocycles. The topological polar surface area (TPSA) is 55.3 Å². The highest BCUT2D eigenvalue weighted by molar-refractivity contribution is 7.11.